The van der Waals surface area contributed by atoms with Crippen LogP contribution in [0.1, 0.15) is 5.56 Å². The molecule has 0 unspecified atom stereocenters. The molecule has 0 atom stereocenters. The van der Waals surface area contributed by atoms with Gasteiger partial charge in [-0.15, -0.1) is 0 Å². The maximum Gasteiger partial charge on any atom is 0.234 e. The minimum absolute atomic E-state index is 0.180. The van der Waals surface area contributed by atoms with E-state index in [1.807, 2.05) is 0 Å². The molecule has 0 aliphatic rings. The van der Waals surface area contributed by atoms with Crippen LogP contribution < -0.4 is 5.32 Å². The molecule has 4 nitrogen and oxygen atoms in total. The highest BCUT2D eigenvalue weighted by Gasteiger charge is 2.16. The zero-order valence-electron chi connectivity index (χ0n) is 8.73. The number of carbonyl (C=O) groups excluding carboxylic acids is 1. The van der Waals surface area contributed by atoms with Crippen LogP contribution >= 0.6 is 11.6 Å². The predicted molar refractivity (Wildman–Crippen MR) is 63.0 cm³/mol. The van der Waals surface area contributed by atoms with Gasteiger partial charge >= 0.3 is 0 Å². The first-order valence-electron chi connectivity index (χ1n) is 4.58. The first-order valence-corrected chi connectivity index (χ1v) is 6.78. The summed E-state index contributed by atoms with van der Waals surface area (Å²) in [6.07, 6.45) is 0. The summed E-state index contributed by atoms with van der Waals surface area (Å²) in [6, 6.07) is 6.57. The van der Waals surface area contributed by atoms with Crippen molar-refractivity contribution in [1.82, 2.24) is 5.32 Å². The highest BCUT2D eigenvalue weighted by atomic mass is 35.5. The van der Waals surface area contributed by atoms with Crippen molar-refractivity contribution in [1.29, 1.82) is 0 Å². The third-order valence-corrected chi connectivity index (χ3v) is 3.62. The zero-order chi connectivity index (χ0) is 12.2. The molecule has 0 aliphatic heterocycles. The van der Waals surface area contributed by atoms with Gasteiger partial charge in [-0.2, -0.15) is 0 Å². The maximum atomic E-state index is 11.6. The second-order valence-electron chi connectivity index (χ2n) is 3.34. The normalized spacial score (nSPS) is 11.1. The van der Waals surface area contributed by atoms with E-state index < -0.39 is 21.5 Å². The van der Waals surface area contributed by atoms with Gasteiger partial charge < -0.3 is 5.32 Å². The quantitative estimate of drug-likeness (QED) is 0.880. The summed E-state index contributed by atoms with van der Waals surface area (Å²) >= 11 is 5.73. The predicted octanol–water partition coefficient (Wildman–Crippen LogP) is 1.00. The summed E-state index contributed by atoms with van der Waals surface area (Å²) in [5.74, 6) is -1.20. The van der Waals surface area contributed by atoms with Crippen LogP contribution in [-0.2, 0) is 20.4 Å². The number of benzene rings is 1. The van der Waals surface area contributed by atoms with Gasteiger partial charge in [0.2, 0.25) is 5.91 Å². The Kier molecular flexibility index (Phi) is 4.32. The van der Waals surface area contributed by atoms with E-state index in [1.165, 1.54) is 7.05 Å². The van der Waals surface area contributed by atoms with Crippen molar-refractivity contribution < 1.29 is 13.2 Å². The Morgan fingerprint density at radius 1 is 1.44 bits per heavy atom. The standard InChI is InChI=1S/C10H12ClNO3S/c1-12-10(13)7-16(14,15)6-8-3-2-4-9(11)5-8/h2-5H,6-7H2,1H3,(H,12,13). The Bertz CT molecular complexity index is 485. The number of amides is 1. The average molecular weight is 262 g/mol. The lowest BCUT2D eigenvalue weighted by atomic mass is 10.2. The monoisotopic (exact) mass is 261 g/mol. The smallest absolute Gasteiger partial charge is 0.234 e. The third-order valence-electron chi connectivity index (χ3n) is 1.91. The largest absolute Gasteiger partial charge is 0.358 e. The molecule has 1 amide bonds. The van der Waals surface area contributed by atoms with Crippen molar-refractivity contribution in [3.8, 4) is 0 Å². The second kappa shape index (κ2) is 5.32. The molecule has 0 heterocycles. The average Bonchev–Trinajstić information content (AvgIpc) is 2.15. The Hall–Kier alpha value is -1.07. The minimum atomic E-state index is -3.43. The van der Waals surface area contributed by atoms with Crippen LogP contribution in [0.25, 0.3) is 0 Å². The number of halogens is 1. The molecule has 0 aromatic heterocycles. The third kappa shape index (κ3) is 4.20. The lowest BCUT2D eigenvalue weighted by Gasteiger charge is -2.04. The number of sulfone groups is 1. The van der Waals surface area contributed by atoms with Crippen LogP contribution in [0.3, 0.4) is 0 Å². The van der Waals surface area contributed by atoms with Crippen molar-refractivity contribution >= 4 is 27.3 Å². The van der Waals surface area contributed by atoms with Crippen molar-refractivity contribution in [3.63, 3.8) is 0 Å². The lowest BCUT2D eigenvalue weighted by Crippen LogP contribution is -2.27. The van der Waals surface area contributed by atoms with Gasteiger partial charge in [-0.05, 0) is 17.7 Å². The summed E-state index contributed by atoms with van der Waals surface area (Å²) in [4.78, 5) is 11.0. The van der Waals surface area contributed by atoms with Crippen molar-refractivity contribution in [2.24, 2.45) is 0 Å². The number of rotatable bonds is 4. The summed E-state index contributed by atoms with van der Waals surface area (Å²) in [6.45, 7) is 0. The van der Waals surface area contributed by atoms with E-state index in [0.717, 1.165) is 0 Å². The van der Waals surface area contributed by atoms with Gasteiger partial charge in [-0.1, -0.05) is 23.7 Å². The Morgan fingerprint density at radius 3 is 2.69 bits per heavy atom. The van der Waals surface area contributed by atoms with Crippen LogP contribution in [0, 0.1) is 0 Å². The number of hydrogen-bond acceptors (Lipinski definition) is 3. The summed E-state index contributed by atoms with van der Waals surface area (Å²) in [5.41, 5.74) is 0.580. The summed E-state index contributed by atoms with van der Waals surface area (Å²) in [7, 11) is -2.03. The number of carbonyl (C=O) groups is 1. The van der Waals surface area contributed by atoms with Crippen molar-refractivity contribution in [2.45, 2.75) is 5.75 Å². The minimum Gasteiger partial charge on any atom is -0.358 e. The summed E-state index contributed by atoms with van der Waals surface area (Å²) in [5, 5.41) is 2.75. The molecule has 0 aliphatic carbocycles. The molecule has 1 rings (SSSR count). The van der Waals surface area contributed by atoms with E-state index in [4.69, 9.17) is 11.6 Å². The van der Waals surface area contributed by atoms with Gasteiger partial charge in [0.1, 0.15) is 5.75 Å². The first kappa shape index (κ1) is 13.0. The molecule has 0 bridgehead atoms. The van der Waals surface area contributed by atoms with Crippen molar-refractivity contribution in [2.75, 3.05) is 12.8 Å². The highest BCUT2D eigenvalue weighted by Crippen LogP contribution is 2.13. The molecule has 0 spiro atoms. The van der Waals surface area contributed by atoms with Gasteiger partial charge in [0, 0.05) is 12.1 Å². The molecule has 1 aromatic carbocycles. The zero-order valence-corrected chi connectivity index (χ0v) is 10.3. The van der Waals surface area contributed by atoms with Crippen LogP contribution in [0.5, 0.6) is 0 Å². The molecular weight excluding hydrogens is 250 g/mol. The highest BCUT2D eigenvalue weighted by molar-refractivity contribution is 7.91. The van der Waals surface area contributed by atoms with E-state index in [1.54, 1.807) is 24.3 Å². The number of nitrogens with one attached hydrogen (secondary N) is 1. The van der Waals surface area contributed by atoms with Crippen LogP contribution in [0.15, 0.2) is 24.3 Å². The molecule has 88 valence electrons. The molecule has 0 fully saturated rings. The SMILES string of the molecule is CNC(=O)CS(=O)(=O)Cc1cccc(Cl)c1. The Balaban J connectivity index is 2.77. The molecule has 0 radical (unpaired) electrons. The van der Waals surface area contributed by atoms with Gasteiger partial charge in [-0.25, -0.2) is 8.42 Å². The molecule has 0 saturated carbocycles. The number of hydrogen-bond donors (Lipinski definition) is 1. The topological polar surface area (TPSA) is 63.2 Å². The van der Waals surface area contributed by atoms with Crippen LogP contribution in [0.2, 0.25) is 5.02 Å². The van der Waals surface area contributed by atoms with Crippen LogP contribution in [0.4, 0.5) is 0 Å². The molecule has 1 N–H and O–H groups in total. The molecule has 0 saturated heterocycles. The maximum absolute atomic E-state index is 11.6. The van der Waals surface area contributed by atoms with Gasteiger partial charge in [0.05, 0.1) is 5.75 Å². The van der Waals surface area contributed by atoms with Crippen LogP contribution in [-0.4, -0.2) is 27.1 Å². The lowest BCUT2D eigenvalue weighted by molar-refractivity contribution is -0.118. The molecular formula is C10H12ClNO3S. The molecule has 6 heteroatoms. The van der Waals surface area contributed by atoms with Gasteiger partial charge in [0.25, 0.3) is 0 Å². The first-order chi connectivity index (χ1) is 7.43. The van der Waals surface area contributed by atoms with E-state index in [2.05, 4.69) is 5.32 Å². The van der Waals surface area contributed by atoms with E-state index in [-0.39, 0.29) is 5.75 Å². The Morgan fingerprint density at radius 2 is 2.12 bits per heavy atom. The van der Waals surface area contributed by atoms with E-state index >= 15 is 0 Å². The molecule has 16 heavy (non-hydrogen) atoms. The Labute approximate surface area is 99.5 Å². The summed E-state index contributed by atoms with van der Waals surface area (Å²) < 4.78 is 23.2. The fraction of sp³-hybridized carbons (Fsp3) is 0.300. The second-order valence-corrected chi connectivity index (χ2v) is 5.84. The fourth-order valence-electron chi connectivity index (χ4n) is 1.20. The van der Waals surface area contributed by atoms with Crippen molar-refractivity contribution in [3.05, 3.63) is 34.9 Å². The van der Waals surface area contributed by atoms with Gasteiger partial charge in [-0.3, -0.25) is 4.79 Å². The fourth-order valence-corrected chi connectivity index (χ4v) is 2.75. The molecule has 1 aromatic rings. The van der Waals surface area contributed by atoms with E-state index in [0.29, 0.717) is 10.6 Å². The van der Waals surface area contributed by atoms with Gasteiger partial charge in [0.15, 0.2) is 9.84 Å². The van der Waals surface area contributed by atoms with E-state index in [9.17, 15) is 13.2 Å².